The van der Waals surface area contributed by atoms with Gasteiger partial charge in [0.1, 0.15) is 0 Å². The van der Waals surface area contributed by atoms with E-state index < -0.39 is 0 Å². The van der Waals surface area contributed by atoms with Crippen LogP contribution in [0.25, 0.3) is 6.08 Å². The second-order valence-electron chi connectivity index (χ2n) is 8.13. The average Bonchev–Trinajstić information content (AvgIpc) is 3.07. The Hall–Kier alpha value is -2.44. The number of phenols is 1. The van der Waals surface area contributed by atoms with Gasteiger partial charge in [0, 0.05) is 6.04 Å². The van der Waals surface area contributed by atoms with E-state index in [2.05, 4.69) is 6.92 Å². The minimum absolute atomic E-state index is 0.0365. The third-order valence-electron chi connectivity index (χ3n) is 5.86. The fourth-order valence-corrected chi connectivity index (χ4v) is 5.51. The number of rotatable bonds is 5. The molecule has 2 fully saturated rings. The number of phenolic OH excluding ortho intramolecular Hbond substituents is 1. The van der Waals surface area contributed by atoms with Crippen LogP contribution in [0.4, 0.5) is 5.69 Å². The number of halogens is 1. The number of aliphatic imine (C=N–C) groups is 1. The number of benzene rings is 2. The quantitative estimate of drug-likeness (QED) is 0.498. The van der Waals surface area contributed by atoms with E-state index in [1.54, 1.807) is 18.2 Å². The lowest BCUT2D eigenvalue weighted by molar-refractivity contribution is -0.124. The van der Waals surface area contributed by atoms with Crippen molar-refractivity contribution >= 4 is 46.2 Å². The molecule has 1 N–H and O–H groups in total. The number of hydrogen-bond acceptors (Lipinski definition) is 5. The molecule has 1 heterocycles. The third kappa shape index (κ3) is 4.81. The van der Waals surface area contributed by atoms with E-state index in [1.165, 1.54) is 18.2 Å². The Morgan fingerprint density at radius 2 is 2.00 bits per heavy atom. The molecular formula is C25H27ClN2O3S. The molecule has 0 radical (unpaired) electrons. The summed E-state index contributed by atoms with van der Waals surface area (Å²) in [6.45, 7) is 4.46. The fourth-order valence-electron chi connectivity index (χ4n) is 4.24. The van der Waals surface area contributed by atoms with Gasteiger partial charge in [0.05, 0.1) is 22.2 Å². The summed E-state index contributed by atoms with van der Waals surface area (Å²) in [5, 5.41) is 11.0. The standard InChI is InChI=1S/C25H27ClN2O3S/c1-3-31-21-14-17(13-19(26)23(21)29)15-22-24(30)28(20-12-8-7-9-16(20)2)25(32-22)27-18-10-5-4-6-11-18/h4-6,10-11,13-16,20,29H,3,7-9,12H2,1-2H3/b22-15-,27-25?/t16-,20-/m1/s1. The first-order chi connectivity index (χ1) is 15.5. The molecule has 1 saturated carbocycles. The number of ether oxygens (including phenoxy) is 1. The number of hydrogen-bond donors (Lipinski definition) is 1. The van der Waals surface area contributed by atoms with Gasteiger partial charge in [-0.3, -0.25) is 9.69 Å². The van der Waals surface area contributed by atoms with Crippen LogP contribution in [0.2, 0.25) is 5.02 Å². The van der Waals surface area contributed by atoms with Crippen LogP contribution < -0.4 is 4.74 Å². The lowest BCUT2D eigenvalue weighted by Crippen LogP contribution is -2.44. The van der Waals surface area contributed by atoms with E-state index in [0.717, 1.165) is 24.9 Å². The molecule has 2 aliphatic rings. The largest absolute Gasteiger partial charge is 0.503 e. The van der Waals surface area contributed by atoms with Gasteiger partial charge in [-0.1, -0.05) is 49.6 Å². The molecule has 2 aromatic rings. The predicted molar refractivity (Wildman–Crippen MR) is 132 cm³/mol. The zero-order valence-corrected chi connectivity index (χ0v) is 19.8. The Morgan fingerprint density at radius 3 is 2.72 bits per heavy atom. The van der Waals surface area contributed by atoms with Gasteiger partial charge in [0.15, 0.2) is 16.7 Å². The van der Waals surface area contributed by atoms with Crippen molar-refractivity contribution in [2.24, 2.45) is 10.9 Å². The second-order valence-corrected chi connectivity index (χ2v) is 9.54. The summed E-state index contributed by atoms with van der Waals surface area (Å²) in [7, 11) is 0. The van der Waals surface area contributed by atoms with E-state index in [1.807, 2.05) is 42.2 Å². The van der Waals surface area contributed by atoms with Crippen molar-refractivity contribution in [3.63, 3.8) is 0 Å². The topological polar surface area (TPSA) is 62.1 Å². The highest BCUT2D eigenvalue weighted by Crippen LogP contribution is 2.41. The first-order valence-corrected chi connectivity index (χ1v) is 12.2. The maximum Gasteiger partial charge on any atom is 0.267 e. The van der Waals surface area contributed by atoms with Gasteiger partial charge in [0.2, 0.25) is 0 Å². The van der Waals surface area contributed by atoms with E-state index >= 15 is 0 Å². The van der Waals surface area contributed by atoms with Gasteiger partial charge in [-0.25, -0.2) is 4.99 Å². The zero-order valence-electron chi connectivity index (χ0n) is 18.3. The van der Waals surface area contributed by atoms with Crippen molar-refractivity contribution in [1.29, 1.82) is 0 Å². The molecule has 1 aliphatic carbocycles. The summed E-state index contributed by atoms with van der Waals surface area (Å²) in [6.07, 6.45) is 6.21. The molecule has 0 bridgehead atoms. The highest BCUT2D eigenvalue weighted by Gasteiger charge is 2.41. The SMILES string of the molecule is CCOc1cc(/C=C2\SC(=Nc3ccccc3)N([C@@H]3CCCC[C@H]3C)C2=O)cc(Cl)c1O. The predicted octanol–water partition coefficient (Wildman–Crippen LogP) is 6.63. The number of thioether (sulfide) groups is 1. The highest BCUT2D eigenvalue weighted by molar-refractivity contribution is 8.18. The molecule has 1 amide bonds. The molecule has 1 aliphatic heterocycles. The van der Waals surface area contributed by atoms with E-state index in [0.29, 0.717) is 33.9 Å². The molecular weight excluding hydrogens is 444 g/mol. The van der Waals surface area contributed by atoms with E-state index in [-0.39, 0.29) is 22.7 Å². The number of amidine groups is 1. The van der Waals surface area contributed by atoms with Crippen LogP contribution in [0.1, 0.15) is 45.1 Å². The first-order valence-electron chi connectivity index (χ1n) is 11.0. The Bertz CT molecular complexity index is 1050. The number of aromatic hydroxyl groups is 1. The van der Waals surface area contributed by atoms with Crippen LogP contribution >= 0.6 is 23.4 Å². The summed E-state index contributed by atoms with van der Waals surface area (Å²) < 4.78 is 5.49. The minimum Gasteiger partial charge on any atom is -0.503 e. The molecule has 0 aromatic heterocycles. The van der Waals surface area contributed by atoms with Crippen molar-refractivity contribution < 1.29 is 14.6 Å². The summed E-state index contributed by atoms with van der Waals surface area (Å²) >= 11 is 7.58. The maximum absolute atomic E-state index is 13.6. The van der Waals surface area contributed by atoms with Gasteiger partial charge in [-0.15, -0.1) is 0 Å². The van der Waals surface area contributed by atoms with Crippen LogP contribution in [0, 0.1) is 5.92 Å². The monoisotopic (exact) mass is 470 g/mol. The summed E-state index contributed by atoms with van der Waals surface area (Å²) in [4.78, 5) is 20.9. The lowest BCUT2D eigenvalue weighted by Gasteiger charge is -2.35. The summed E-state index contributed by atoms with van der Waals surface area (Å²) in [5.74, 6) is 0.593. The Kier molecular flexibility index (Phi) is 7.11. The average molecular weight is 471 g/mol. The zero-order chi connectivity index (χ0) is 22.7. The van der Waals surface area contributed by atoms with Crippen molar-refractivity contribution in [3.05, 3.63) is 58.0 Å². The number of carbonyl (C=O) groups is 1. The summed E-state index contributed by atoms with van der Waals surface area (Å²) in [5.41, 5.74) is 1.52. The number of amides is 1. The fraction of sp³-hybridized carbons (Fsp3) is 0.360. The normalized spacial score (nSPS) is 23.8. The molecule has 168 valence electrons. The molecule has 4 rings (SSSR count). The Balaban J connectivity index is 1.73. The van der Waals surface area contributed by atoms with Crippen molar-refractivity contribution in [3.8, 4) is 11.5 Å². The molecule has 2 aromatic carbocycles. The van der Waals surface area contributed by atoms with Crippen LogP contribution in [-0.2, 0) is 4.79 Å². The van der Waals surface area contributed by atoms with Crippen molar-refractivity contribution in [2.75, 3.05) is 6.61 Å². The van der Waals surface area contributed by atoms with Crippen LogP contribution in [0.3, 0.4) is 0 Å². The number of carbonyl (C=O) groups excluding carboxylic acids is 1. The Morgan fingerprint density at radius 1 is 1.25 bits per heavy atom. The summed E-state index contributed by atoms with van der Waals surface area (Å²) in [6, 6.07) is 13.2. The van der Waals surface area contributed by atoms with Crippen molar-refractivity contribution in [1.82, 2.24) is 4.90 Å². The van der Waals surface area contributed by atoms with Crippen LogP contribution in [0.5, 0.6) is 11.5 Å². The van der Waals surface area contributed by atoms with Crippen LogP contribution in [-0.4, -0.2) is 33.7 Å². The van der Waals surface area contributed by atoms with E-state index in [9.17, 15) is 9.90 Å². The first kappa shape index (κ1) is 22.7. The molecule has 1 saturated heterocycles. The van der Waals surface area contributed by atoms with E-state index in [4.69, 9.17) is 21.3 Å². The maximum atomic E-state index is 13.6. The van der Waals surface area contributed by atoms with Gasteiger partial charge >= 0.3 is 0 Å². The molecule has 2 atom stereocenters. The van der Waals surface area contributed by atoms with Gasteiger partial charge in [-0.05, 0) is 73.4 Å². The molecule has 7 heteroatoms. The third-order valence-corrected chi connectivity index (χ3v) is 7.14. The second kappa shape index (κ2) is 10.0. The van der Waals surface area contributed by atoms with Gasteiger partial charge < -0.3 is 9.84 Å². The smallest absolute Gasteiger partial charge is 0.267 e. The lowest BCUT2D eigenvalue weighted by atomic mass is 9.85. The minimum atomic E-state index is -0.0925. The van der Waals surface area contributed by atoms with Gasteiger partial charge in [0.25, 0.3) is 5.91 Å². The Labute approximate surface area is 198 Å². The van der Waals surface area contributed by atoms with Crippen molar-refractivity contribution in [2.45, 2.75) is 45.6 Å². The molecule has 32 heavy (non-hydrogen) atoms. The molecule has 0 unspecified atom stereocenters. The number of nitrogens with zero attached hydrogens (tertiary/aromatic N) is 2. The number of para-hydroxylation sites is 1. The van der Waals surface area contributed by atoms with Crippen LogP contribution in [0.15, 0.2) is 52.4 Å². The molecule has 0 spiro atoms. The molecule has 5 nitrogen and oxygen atoms in total. The highest BCUT2D eigenvalue weighted by atomic mass is 35.5. The van der Waals surface area contributed by atoms with Gasteiger partial charge in [-0.2, -0.15) is 0 Å².